The number of benzene rings is 1. The summed E-state index contributed by atoms with van der Waals surface area (Å²) in [5.74, 6) is -0.724. The van der Waals surface area contributed by atoms with E-state index in [4.69, 9.17) is 0 Å². The van der Waals surface area contributed by atoms with Gasteiger partial charge in [-0.05, 0) is 54.6 Å². The van der Waals surface area contributed by atoms with E-state index in [0.29, 0.717) is 12.0 Å². The van der Waals surface area contributed by atoms with Crippen LogP contribution in [0.5, 0.6) is 0 Å². The largest absolute Gasteiger partial charge is 0.314 e. The molecule has 102 valence electrons. The summed E-state index contributed by atoms with van der Waals surface area (Å²) in [5.41, 5.74) is 0.433. The van der Waals surface area contributed by atoms with Gasteiger partial charge >= 0.3 is 0 Å². The number of nitrogens with one attached hydrogen (secondary N) is 1. The van der Waals surface area contributed by atoms with E-state index in [1.807, 2.05) is 18.4 Å². The van der Waals surface area contributed by atoms with Crippen molar-refractivity contribution in [3.63, 3.8) is 0 Å². The molecule has 1 nitrogen and oxygen atoms in total. The van der Waals surface area contributed by atoms with Crippen molar-refractivity contribution in [3.8, 4) is 0 Å². The minimum absolute atomic E-state index is 0.125. The maximum Gasteiger partial charge on any atom is 0.126 e. The smallest absolute Gasteiger partial charge is 0.126 e. The second-order valence-corrected chi connectivity index (χ2v) is 5.51. The highest BCUT2D eigenvalue weighted by Crippen LogP contribution is 2.16. The Morgan fingerprint density at radius 1 is 1.21 bits per heavy atom. The topological polar surface area (TPSA) is 12.0 Å². The van der Waals surface area contributed by atoms with Gasteiger partial charge in [0, 0.05) is 10.9 Å². The lowest BCUT2D eigenvalue weighted by atomic mass is 10.0. The fourth-order valence-corrected chi connectivity index (χ4v) is 2.93. The lowest BCUT2D eigenvalue weighted by Gasteiger charge is -2.17. The van der Waals surface area contributed by atoms with Crippen molar-refractivity contribution in [2.24, 2.45) is 0 Å². The molecule has 0 bridgehead atoms. The Bertz CT molecular complexity index is 511. The highest BCUT2D eigenvalue weighted by Gasteiger charge is 2.13. The molecule has 1 aromatic heterocycles. The van der Waals surface area contributed by atoms with Crippen molar-refractivity contribution in [1.82, 2.24) is 5.32 Å². The predicted molar refractivity (Wildman–Crippen MR) is 75.5 cm³/mol. The Morgan fingerprint density at radius 2 is 2.05 bits per heavy atom. The fraction of sp³-hybridized carbons (Fsp3) is 0.333. The molecule has 0 radical (unpaired) electrons. The summed E-state index contributed by atoms with van der Waals surface area (Å²) in [6, 6.07) is 7.83. The second kappa shape index (κ2) is 6.78. The summed E-state index contributed by atoms with van der Waals surface area (Å²) in [5, 5.41) is 5.36. The molecule has 0 aliphatic heterocycles. The van der Waals surface area contributed by atoms with Crippen LogP contribution in [0.3, 0.4) is 0 Å². The predicted octanol–water partition coefficient (Wildman–Crippen LogP) is 3.79. The number of rotatable bonds is 6. The van der Waals surface area contributed by atoms with Crippen LogP contribution in [0.25, 0.3) is 0 Å². The van der Waals surface area contributed by atoms with Gasteiger partial charge in [0.05, 0.1) is 0 Å². The zero-order valence-corrected chi connectivity index (χ0v) is 11.6. The molecule has 0 saturated carbocycles. The number of likely N-dealkylation sites (N-methyl/N-ethyl adjacent to an activating group) is 1. The first-order valence-electron chi connectivity index (χ1n) is 6.38. The summed E-state index contributed by atoms with van der Waals surface area (Å²) in [6.45, 7) is 2.83. The van der Waals surface area contributed by atoms with Gasteiger partial charge in [-0.25, -0.2) is 8.78 Å². The molecule has 1 aromatic carbocycles. The SMILES string of the molecule is CCNC(Cc1cccs1)Cc1cc(F)ccc1F. The number of hydrogen-bond donors (Lipinski definition) is 1. The molecule has 19 heavy (non-hydrogen) atoms. The first kappa shape index (κ1) is 14.2. The third-order valence-corrected chi connectivity index (χ3v) is 3.89. The van der Waals surface area contributed by atoms with Crippen molar-refractivity contribution >= 4 is 11.3 Å². The van der Waals surface area contributed by atoms with Crippen LogP contribution < -0.4 is 5.32 Å². The molecule has 0 aliphatic rings. The molecule has 0 fully saturated rings. The Hall–Kier alpha value is -1.26. The van der Waals surface area contributed by atoms with Crippen LogP contribution in [0, 0.1) is 11.6 Å². The minimum Gasteiger partial charge on any atom is -0.314 e. The van der Waals surface area contributed by atoms with Gasteiger partial charge in [-0.3, -0.25) is 0 Å². The molecule has 1 N–H and O–H groups in total. The molecular weight excluding hydrogens is 264 g/mol. The highest BCUT2D eigenvalue weighted by molar-refractivity contribution is 7.09. The Labute approximate surface area is 116 Å². The number of hydrogen-bond acceptors (Lipinski definition) is 2. The van der Waals surface area contributed by atoms with E-state index in [-0.39, 0.29) is 17.7 Å². The van der Waals surface area contributed by atoms with Gasteiger partial charge in [-0.1, -0.05) is 13.0 Å². The Morgan fingerprint density at radius 3 is 2.74 bits per heavy atom. The van der Waals surface area contributed by atoms with Crippen molar-refractivity contribution < 1.29 is 8.78 Å². The highest BCUT2D eigenvalue weighted by atomic mass is 32.1. The van der Waals surface area contributed by atoms with E-state index < -0.39 is 0 Å². The third-order valence-electron chi connectivity index (χ3n) is 2.99. The monoisotopic (exact) mass is 281 g/mol. The van der Waals surface area contributed by atoms with Crippen LogP contribution in [0.4, 0.5) is 8.78 Å². The average Bonchev–Trinajstić information content (AvgIpc) is 2.87. The molecule has 4 heteroatoms. The zero-order chi connectivity index (χ0) is 13.7. The molecule has 0 aliphatic carbocycles. The van der Waals surface area contributed by atoms with E-state index >= 15 is 0 Å². The standard InChI is InChI=1S/C15H17F2NS/c1-2-18-13(10-14-4-3-7-19-14)9-11-8-12(16)5-6-15(11)17/h3-8,13,18H,2,9-10H2,1H3. The van der Waals surface area contributed by atoms with Crippen molar-refractivity contribution in [1.29, 1.82) is 0 Å². The maximum atomic E-state index is 13.7. The van der Waals surface area contributed by atoms with Crippen LogP contribution in [0.1, 0.15) is 17.4 Å². The Kier molecular flexibility index (Phi) is 5.05. The molecule has 1 atom stereocenters. The molecule has 0 spiro atoms. The van der Waals surface area contributed by atoms with Crippen LogP contribution >= 0.6 is 11.3 Å². The van der Waals surface area contributed by atoms with Gasteiger partial charge in [0.15, 0.2) is 0 Å². The molecular formula is C15H17F2NS. The summed E-state index contributed by atoms with van der Waals surface area (Å²) in [6.07, 6.45) is 1.33. The molecule has 1 unspecified atom stereocenters. The van der Waals surface area contributed by atoms with Gasteiger partial charge < -0.3 is 5.32 Å². The second-order valence-electron chi connectivity index (χ2n) is 4.48. The van der Waals surface area contributed by atoms with Crippen molar-refractivity contribution in [2.75, 3.05) is 6.54 Å². The van der Waals surface area contributed by atoms with E-state index in [0.717, 1.165) is 19.0 Å². The molecule has 0 amide bonds. The molecule has 2 aromatic rings. The van der Waals surface area contributed by atoms with Crippen molar-refractivity contribution in [2.45, 2.75) is 25.8 Å². The quantitative estimate of drug-likeness (QED) is 0.849. The average molecular weight is 281 g/mol. The Balaban J connectivity index is 2.09. The first-order chi connectivity index (χ1) is 9.19. The first-order valence-corrected chi connectivity index (χ1v) is 7.26. The van der Waals surface area contributed by atoms with Gasteiger partial charge in [0.1, 0.15) is 11.6 Å². The van der Waals surface area contributed by atoms with Gasteiger partial charge in [-0.2, -0.15) is 0 Å². The number of thiophene rings is 1. The normalized spacial score (nSPS) is 12.6. The van der Waals surface area contributed by atoms with E-state index in [2.05, 4.69) is 11.4 Å². The zero-order valence-electron chi connectivity index (χ0n) is 10.8. The summed E-state index contributed by atoms with van der Waals surface area (Å²) >= 11 is 1.69. The van der Waals surface area contributed by atoms with E-state index in [9.17, 15) is 8.78 Å². The van der Waals surface area contributed by atoms with Gasteiger partial charge in [-0.15, -0.1) is 11.3 Å². The lowest BCUT2D eigenvalue weighted by molar-refractivity contribution is 0.504. The van der Waals surface area contributed by atoms with Gasteiger partial charge in [0.2, 0.25) is 0 Å². The molecule has 0 saturated heterocycles. The molecule has 2 rings (SSSR count). The van der Waals surface area contributed by atoms with E-state index in [1.54, 1.807) is 11.3 Å². The third kappa shape index (κ3) is 4.11. The summed E-state index contributed by atoms with van der Waals surface area (Å²) in [4.78, 5) is 1.25. The maximum absolute atomic E-state index is 13.7. The fourth-order valence-electron chi connectivity index (χ4n) is 2.14. The van der Waals surface area contributed by atoms with Crippen LogP contribution in [0.2, 0.25) is 0 Å². The van der Waals surface area contributed by atoms with Crippen molar-refractivity contribution in [3.05, 3.63) is 57.8 Å². The summed E-state index contributed by atoms with van der Waals surface area (Å²) in [7, 11) is 0. The van der Waals surface area contributed by atoms with E-state index in [1.165, 1.54) is 17.0 Å². The minimum atomic E-state index is -0.386. The van der Waals surface area contributed by atoms with Crippen LogP contribution in [0.15, 0.2) is 35.7 Å². The van der Waals surface area contributed by atoms with Crippen LogP contribution in [-0.4, -0.2) is 12.6 Å². The molecule has 1 heterocycles. The summed E-state index contributed by atoms with van der Waals surface area (Å²) < 4.78 is 26.8. The number of halogens is 2. The van der Waals surface area contributed by atoms with Crippen LogP contribution in [-0.2, 0) is 12.8 Å². The lowest BCUT2D eigenvalue weighted by Crippen LogP contribution is -2.33. The van der Waals surface area contributed by atoms with Gasteiger partial charge in [0.25, 0.3) is 0 Å².